The van der Waals surface area contributed by atoms with Crippen molar-refractivity contribution in [3.05, 3.63) is 59.7 Å². The van der Waals surface area contributed by atoms with Gasteiger partial charge in [-0.05, 0) is 54.3 Å². The number of benzene rings is 2. The van der Waals surface area contributed by atoms with Crippen molar-refractivity contribution in [1.29, 1.82) is 0 Å². The average molecular weight is 382 g/mol. The number of hydrogen-bond acceptors (Lipinski definition) is 4. The highest BCUT2D eigenvalue weighted by atomic mass is 16.5. The molecule has 0 aliphatic carbocycles. The maximum absolute atomic E-state index is 12.1. The molecule has 0 unspecified atom stereocenters. The molecule has 0 fully saturated rings. The number of ether oxygens (including phenoxy) is 1. The fourth-order valence-electron chi connectivity index (χ4n) is 2.51. The minimum absolute atomic E-state index is 0.0330. The number of nitrogens with one attached hydrogen (secondary N) is 2. The predicted molar refractivity (Wildman–Crippen MR) is 109 cm³/mol. The monoisotopic (exact) mass is 382 g/mol. The van der Waals surface area contributed by atoms with E-state index in [1.54, 1.807) is 31.2 Å². The first-order valence-electron chi connectivity index (χ1n) is 9.16. The van der Waals surface area contributed by atoms with Crippen molar-refractivity contribution in [2.45, 2.75) is 39.5 Å². The molecular weight excluding hydrogens is 356 g/mol. The molecule has 0 aliphatic rings. The first-order chi connectivity index (χ1) is 13.2. The summed E-state index contributed by atoms with van der Waals surface area (Å²) in [5.74, 6) is -1.26. The summed E-state index contributed by atoms with van der Waals surface area (Å²) < 4.78 is 4.90. The molecule has 6 heteroatoms. The second-order valence-electron chi connectivity index (χ2n) is 7.40. The molecular formula is C22H26N2O4. The van der Waals surface area contributed by atoms with Gasteiger partial charge in [-0.2, -0.15) is 0 Å². The van der Waals surface area contributed by atoms with Crippen molar-refractivity contribution >= 4 is 29.2 Å². The lowest BCUT2D eigenvalue weighted by atomic mass is 9.87. The van der Waals surface area contributed by atoms with Crippen LogP contribution in [0, 0.1) is 0 Å². The SMILES string of the molecule is CCOC(=O)c1ccc(NC(=O)CC(=O)Nc2ccc(C(C)(C)C)cc2)cc1. The number of carbonyl (C=O) groups is 3. The number of rotatable bonds is 6. The number of carbonyl (C=O) groups excluding carboxylic acids is 3. The molecule has 0 heterocycles. The molecule has 2 amide bonds. The van der Waals surface area contributed by atoms with Gasteiger partial charge in [0.25, 0.3) is 0 Å². The number of hydrogen-bond donors (Lipinski definition) is 2. The lowest BCUT2D eigenvalue weighted by Gasteiger charge is -2.19. The molecule has 0 aliphatic heterocycles. The fourth-order valence-corrected chi connectivity index (χ4v) is 2.51. The summed E-state index contributed by atoms with van der Waals surface area (Å²) in [6.07, 6.45) is -0.305. The van der Waals surface area contributed by atoms with Gasteiger partial charge in [-0.3, -0.25) is 9.59 Å². The molecule has 0 saturated heterocycles. The first-order valence-corrected chi connectivity index (χ1v) is 9.16. The molecule has 0 aromatic heterocycles. The van der Waals surface area contributed by atoms with Gasteiger partial charge in [-0.15, -0.1) is 0 Å². The molecule has 2 aromatic carbocycles. The topological polar surface area (TPSA) is 84.5 Å². The van der Waals surface area contributed by atoms with Crippen LogP contribution in [0.25, 0.3) is 0 Å². The second kappa shape index (κ2) is 9.17. The van der Waals surface area contributed by atoms with Gasteiger partial charge in [0.05, 0.1) is 12.2 Å². The van der Waals surface area contributed by atoms with E-state index >= 15 is 0 Å². The Bertz CT molecular complexity index is 834. The van der Waals surface area contributed by atoms with Gasteiger partial charge in [0, 0.05) is 11.4 Å². The molecule has 2 N–H and O–H groups in total. The molecule has 0 atom stereocenters. The summed E-state index contributed by atoms with van der Waals surface area (Å²) in [5, 5.41) is 5.35. The van der Waals surface area contributed by atoms with E-state index in [0.29, 0.717) is 23.5 Å². The van der Waals surface area contributed by atoms with Crippen molar-refractivity contribution in [3.8, 4) is 0 Å². The van der Waals surface area contributed by atoms with Crippen LogP contribution < -0.4 is 10.6 Å². The van der Waals surface area contributed by atoms with Crippen LogP contribution >= 0.6 is 0 Å². The summed E-state index contributed by atoms with van der Waals surface area (Å²) >= 11 is 0. The Hall–Kier alpha value is -3.15. The van der Waals surface area contributed by atoms with Gasteiger partial charge in [0.1, 0.15) is 6.42 Å². The van der Waals surface area contributed by atoms with Crippen LogP contribution in [0.1, 0.15) is 50.0 Å². The molecule has 0 spiro atoms. The second-order valence-corrected chi connectivity index (χ2v) is 7.40. The van der Waals surface area contributed by atoms with E-state index in [1.807, 2.05) is 24.3 Å². The summed E-state index contributed by atoms with van der Waals surface area (Å²) in [6, 6.07) is 13.9. The standard InChI is InChI=1S/C22H26N2O4/c1-5-28-21(27)15-6-10-17(11-7-15)23-19(25)14-20(26)24-18-12-8-16(9-13-18)22(2,3)4/h6-13H,5,14H2,1-4H3,(H,23,25)(H,24,26). The number of esters is 1. The lowest BCUT2D eigenvalue weighted by molar-refractivity contribution is -0.123. The smallest absolute Gasteiger partial charge is 0.338 e. The summed E-state index contributed by atoms with van der Waals surface area (Å²) in [5.41, 5.74) is 2.74. The summed E-state index contributed by atoms with van der Waals surface area (Å²) in [6.45, 7) is 8.38. The van der Waals surface area contributed by atoms with Crippen LogP contribution in [-0.4, -0.2) is 24.4 Å². The molecule has 0 radical (unpaired) electrons. The molecule has 0 bridgehead atoms. The van der Waals surface area contributed by atoms with Crippen LogP contribution in [0.15, 0.2) is 48.5 Å². The van der Waals surface area contributed by atoms with E-state index in [9.17, 15) is 14.4 Å². The largest absolute Gasteiger partial charge is 0.462 e. The van der Waals surface area contributed by atoms with E-state index < -0.39 is 17.8 Å². The first kappa shape index (κ1) is 21.2. The third kappa shape index (κ3) is 6.23. The minimum atomic E-state index is -0.437. The van der Waals surface area contributed by atoms with E-state index in [4.69, 9.17) is 4.74 Å². The van der Waals surface area contributed by atoms with Gasteiger partial charge in [0.15, 0.2) is 0 Å². The molecule has 28 heavy (non-hydrogen) atoms. The summed E-state index contributed by atoms with van der Waals surface area (Å²) in [4.78, 5) is 35.7. The van der Waals surface area contributed by atoms with Crippen LogP contribution in [-0.2, 0) is 19.7 Å². The predicted octanol–water partition coefficient (Wildman–Crippen LogP) is 4.13. The van der Waals surface area contributed by atoms with Crippen molar-refractivity contribution in [2.75, 3.05) is 17.2 Å². The van der Waals surface area contributed by atoms with Gasteiger partial charge in [0.2, 0.25) is 11.8 Å². The Labute approximate surface area is 165 Å². The number of anilines is 2. The lowest BCUT2D eigenvalue weighted by Crippen LogP contribution is -2.21. The van der Waals surface area contributed by atoms with Crippen molar-refractivity contribution in [2.24, 2.45) is 0 Å². The van der Waals surface area contributed by atoms with Gasteiger partial charge >= 0.3 is 5.97 Å². The molecule has 6 nitrogen and oxygen atoms in total. The van der Waals surface area contributed by atoms with E-state index in [-0.39, 0.29) is 11.8 Å². The Balaban J connectivity index is 1.87. The van der Waals surface area contributed by atoms with Crippen LogP contribution in [0.5, 0.6) is 0 Å². The van der Waals surface area contributed by atoms with Crippen LogP contribution in [0.4, 0.5) is 11.4 Å². The maximum Gasteiger partial charge on any atom is 0.338 e. The molecule has 2 aromatic rings. The number of amides is 2. The highest BCUT2D eigenvalue weighted by molar-refractivity contribution is 6.08. The van der Waals surface area contributed by atoms with Gasteiger partial charge in [-0.25, -0.2) is 4.79 Å². The third-order valence-electron chi connectivity index (χ3n) is 4.04. The zero-order valence-corrected chi connectivity index (χ0v) is 16.7. The van der Waals surface area contributed by atoms with Crippen molar-refractivity contribution in [3.63, 3.8) is 0 Å². The Morgan fingerprint density at radius 3 is 1.71 bits per heavy atom. The van der Waals surface area contributed by atoms with Crippen molar-refractivity contribution < 1.29 is 19.1 Å². The van der Waals surface area contributed by atoms with E-state index in [0.717, 1.165) is 5.56 Å². The highest BCUT2D eigenvalue weighted by Gasteiger charge is 2.14. The highest BCUT2D eigenvalue weighted by Crippen LogP contribution is 2.23. The van der Waals surface area contributed by atoms with E-state index in [1.165, 1.54) is 0 Å². The summed E-state index contributed by atoms with van der Waals surface area (Å²) in [7, 11) is 0. The minimum Gasteiger partial charge on any atom is -0.462 e. The van der Waals surface area contributed by atoms with Crippen molar-refractivity contribution in [1.82, 2.24) is 0 Å². The Morgan fingerprint density at radius 1 is 0.821 bits per heavy atom. The maximum atomic E-state index is 12.1. The zero-order chi connectivity index (χ0) is 20.7. The average Bonchev–Trinajstić information content (AvgIpc) is 2.62. The van der Waals surface area contributed by atoms with Crippen LogP contribution in [0.3, 0.4) is 0 Å². The normalized spacial score (nSPS) is 10.9. The third-order valence-corrected chi connectivity index (χ3v) is 4.04. The van der Waals surface area contributed by atoms with E-state index in [2.05, 4.69) is 31.4 Å². The fraction of sp³-hybridized carbons (Fsp3) is 0.318. The quantitative estimate of drug-likeness (QED) is 0.581. The van der Waals surface area contributed by atoms with Gasteiger partial charge < -0.3 is 15.4 Å². The Morgan fingerprint density at radius 2 is 1.29 bits per heavy atom. The van der Waals surface area contributed by atoms with Gasteiger partial charge in [-0.1, -0.05) is 32.9 Å². The molecule has 148 valence electrons. The van der Waals surface area contributed by atoms with Crippen LogP contribution in [0.2, 0.25) is 0 Å². The molecule has 0 saturated carbocycles. The Kier molecular flexibility index (Phi) is 6.93. The molecule has 2 rings (SSSR count). The zero-order valence-electron chi connectivity index (χ0n) is 16.7.